The monoisotopic (exact) mass is 245 g/mol. The lowest BCUT2D eigenvalue weighted by molar-refractivity contribution is -0.121. The summed E-state index contributed by atoms with van der Waals surface area (Å²) in [4.78, 5) is 24.3. The highest BCUT2D eigenvalue weighted by Crippen LogP contribution is 2.02. The van der Waals surface area contributed by atoms with Gasteiger partial charge in [0.1, 0.15) is 0 Å². The van der Waals surface area contributed by atoms with Crippen LogP contribution in [0.2, 0.25) is 0 Å². The Bertz CT molecular complexity index is 272. The van der Waals surface area contributed by atoms with Crippen LogP contribution in [-0.2, 0) is 4.79 Å². The second kappa shape index (κ2) is 6.56. The summed E-state index contributed by atoms with van der Waals surface area (Å²) in [5.41, 5.74) is -0.866. The molecule has 0 fully saturated rings. The van der Waals surface area contributed by atoms with Gasteiger partial charge in [0.15, 0.2) is 0 Å². The third kappa shape index (κ3) is 9.77. The van der Waals surface area contributed by atoms with Crippen molar-refractivity contribution in [1.29, 1.82) is 0 Å². The van der Waals surface area contributed by atoms with Gasteiger partial charge in [-0.3, -0.25) is 15.0 Å². The Balaban J connectivity index is 3.98. The Labute approximate surface area is 102 Å². The molecule has 0 rings (SSSR count). The van der Waals surface area contributed by atoms with Crippen LogP contribution in [0.4, 0.5) is 4.79 Å². The van der Waals surface area contributed by atoms with Crippen LogP contribution in [0.25, 0.3) is 0 Å². The molecule has 0 saturated heterocycles. The normalized spacial score (nSPS) is 11.8. The molecule has 0 aromatic rings. The number of imide groups is 1. The molecule has 0 aliphatic heterocycles. The molecule has 0 saturated carbocycles. The highest BCUT2D eigenvalue weighted by Gasteiger charge is 2.18. The zero-order valence-corrected chi connectivity index (χ0v) is 11.2. The molecule has 100 valence electrons. The summed E-state index contributed by atoms with van der Waals surface area (Å²) in [6, 6.07) is -0.515. The average Bonchev–Trinajstić information content (AvgIpc) is 1.95. The second-order valence-electron chi connectivity index (χ2n) is 5.16. The van der Waals surface area contributed by atoms with Gasteiger partial charge in [0.25, 0.3) is 0 Å². The maximum Gasteiger partial charge on any atom is 0.321 e. The number of nitrogens with zero attached hydrogens (tertiary/aromatic N) is 1. The fourth-order valence-corrected chi connectivity index (χ4v) is 1.43. The lowest BCUT2D eigenvalue weighted by Gasteiger charge is -2.24. The van der Waals surface area contributed by atoms with E-state index in [1.54, 1.807) is 25.8 Å². The van der Waals surface area contributed by atoms with Crippen LogP contribution in [0.5, 0.6) is 0 Å². The minimum Gasteiger partial charge on any atom is -0.389 e. The van der Waals surface area contributed by atoms with Crippen molar-refractivity contribution in [3.63, 3.8) is 0 Å². The van der Waals surface area contributed by atoms with Crippen LogP contribution in [-0.4, -0.2) is 53.7 Å². The number of carbonyl (C=O) groups is 2. The minimum absolute atomic E-state index is 0.0168. The lowest BCUT2D eigenvalue weighted by Crippen LogP contribution is -2.47. The molecule has 0 aromatic carbocycles. The van der Waals surface area contributed by atoms with Crippen LogP contribution in [0.3, 0.4) is 0 Å². The fraction of sp³-hybridized carbons (Fsp3) is 0.818. The molecule has 0 spiro atoms. The molecule has 0 aliphatic rings. The zero-order valence-electron chi connectivity index (χ0n) is 11.2. The first-order chi connectivity index (χ1) is 7.60. The van der Waals surface area contributed by atoms with Crippen molar-refractivity contribution in [2.24, 2.45) is 0 Å². The van der Waals surface area contributed by atoms with Crippen molar-refractivity contribution >= 4 is 11.9 Å². The second-order valence-corrected chi connectivity index (χ2v) is 5.16. The molecule has 3 amide bonds. The highest BCUT2D eigenvalue weighted by molar-refractivity contribution is 5.95. The molecule has 17 heavy (non-hydrogen) atoms. The van der Waals surface area contributed by atoms with Gasteiger partial charge < -0.3 is 10.4 Å². The van der Waals surface area contributed by atoms with E-state index >= 15 is 0 Å². The molecule has 6 nitrogen and oxygen atoms in total. The Morgan fingerprint density at radius 3 is 2.29 bits per heavy atom. The Morgan fingerprint density at radius 2 is 1.88 bits per heavy atom. The Hall–Kier alpha value is -1.14. The van der Waals surface area contributed by atoms with Gasteiger partial charge in [-0.15, -0.1) is 0 Å². The Morgan fingerprint density at radius 1 is 1.35 bits per heavy atom. The summed E-state index contributed by atoms with van der Waals surface area (Å²) >= 11 is 0. The van der Waals surface area contributed by atoms with Gasteiger partial charge in [-0.1, -0.05) is 0 Å². The lowest BCUT2D eigenvalue weighted by atomic mass is 10.1. The largest absolute Gasteiger partial charge is 0.389 e. The number of likely N-dealkylation sites (N-methyl/N-ethyl adjacent to an activating group) is 1. The average molecular weight is 245 g/mol. The number of carbonyl (C=O) groups excluding carboxylic acids is 2. The number of urea groups is 1. The van der Waals surface area contributed by atoms with E-state index in [9.17, 15) is 14.7 Å². The van der Waals surface area contributed by atoms with Gasteiger partial charge in [-0.2, -0.15) is 0 Å². The molecule has 6 heteroatoms. The quantitative estimate of drug-likeness (QED) is 0.633. The van der Waals surface area contributed by atoms with E-state index in [0.29, 0.717) is 6.54 Å². The summed E-state index contributed by atoms with van der Waals surface area (Å²) in [7, 11) is 1.71. The predicted molar refractivity (Wildman–Crippen MR) is 65.6 cm³/mol. The third-order valence-corrected chi connectivity index (χ3v) is 1.74. The molecule has 0 aliphatic carbocycles. The molecule has 0 radical (unpaired) electrons. The zero-order chi connectivity index (χ0) is 13.6. The SMILES string of the molecule is CC(C)NC(=O)NC(=O)CN(C)CC(C)(C)O. The van der Waals surface area contributed by atoms with E-state index in [4.69, 9.17) is 0 Å². The van der Waals surface area contributed by atoms with Crippen LogP contribution in [0.1, 0.15) is 27.7 Å². The van der Waals surface area contributed by atoms with Gasteiger partial charge in [-0.25, -0.2) is 4.79 Å². The first-order valence-corrected chi connectivity index (χ1v) is 5.61. The number of amides is 3. The highest BCUT2D eigenvalue weighted by atomic mass is 16.3. The van der Waals surface area contributed by atoms with Crippen molar-refractivity contribution in [1.82, 2.24) is 15.5 Å². The maximum absolute atomic E-state index is 11.4. The van der Waals surface area contributed by atoms with E-state index in [2.05, 4.69) is 10.6 Å². The van der Waals surface area contributed by atoms with Gasteiger partial charge in [0, 0.05) is 12.6 Å². The summed E-state index contributed by atoms with van der Waals surface area (Å²) in [5, 5.41) is 14.3. The molecule has 0 aromatic heterocycles. The summed E-state index contributed by atoms with van der Waals surface area (Å²) < 4.78 is 0. The molecule has 0 unspecified atom stereocenters. The molecular weight excluding hydrogens is 222 g/mol. The molecular formula is C11H23N3O3. The number of rotatable bonds is 5. The van der Waals surface area contributed by atoms with Gasteiger partial charge >= 0.3 is 6.03 Å². The molecule has 0 atom stereocenters. The number of nitrogens with one attached hydrogen (secondary N) is 2. The van der Waals surface area contributed by atoms with Crippen molar-refractivity contribution in [2.45, 2.75) is 39.3 Å². The van der Waals surface area contributed by atoms with E-state index in [0.717, 1.165) is 0 Å². The predicted octanol–water partition coefficient (Wildman–Crippen LogP) is -0.0767. The van der Waals surface area contributed by atoms with Crippen molar-refractivity contribution < 1.29 is 14.7 Å². The Kier molecular flexibility index (Phi) is 6.12. The van der Waals surface area contributed by atoms with Gasteiger partial charge in [0.2, 0.25) is 5.91 Å². The van der Waals surface area contributed by atoms with Crippen LogP contribution in [0, 0.1) is 0 Å². The smallest absolute Gasteiger partial charge is 0.321 e. The fourth-order valence-electron chi connectivity index (χ4n) is 1.43. The van der Waals surface area contributed by atoms with Crippen LogP contribution >= 0.6 is 0 Å². The van der Waals surface area contributed by atoms with E-state index in [1.165, 1.54) is 0 Å². The maximum atomic E-state index is 11.4. The summed E-state index contributed by atoms with van der Waals surface area (Å²) in [5.74, 6) is -0.394. The first kappa shape index (κ1) is 15.9. The number of aliphatic hydroxyl groups is 1. The third-order valence-electron chi connectivity index (χ3n) is 1.74. The van der Waals surface area contributed by atoms with E-state index in [1.807, 2.05) is 13.8 Å². The van der Waals surface area contributed by atoms with Crippen LogP contribution in [0.15, 0.2) is 0 Å². The van der Waals surface area contributed by atoms with E-state index in [-0.39, 0.29) is 12.6 Å². The standard InChI is InChI=1S/C11H23N3O3/c1-8(2)12-10(16)13-9(15)6-14(5)7-11(3,4)17/h8,17H,6-7H2,1-5H3,(H2,12,13,15,16). The van der Waals surface area contributed by atoms with Gasteiger partial charge in [0.05, 0.1) is 12.1 Å². The van der Waals surface area contributed by atoms with Crippen LogP contribution < -0.4 is 10.6 Å². The van der Waals surface area contributed by atoms with Gasteiger partial charge in [-0.05, 0) is 34.7 Å². The molecule has 0 bridgehead atoms. The summed E-state index contributed by atoms with van der Waals surface area (Å²) in [6.45, 7) is 7.36. The summed E-state index contributed by atoms with van der Waals surface area (Å²) in [6.07, 6.45) is 0. The number of hydrogen-bond donors (Lipinski definition) is 3. The molecule has 3 N–H and O–H groups in total. The minimum atomic E-state index is -0.866. The number of hydrogen-bond acceptors (Lipinski definition) is 4. The van der Waals surface area contributed by atoms with E-state index < -0.39 is 17.5 Å². The van der Waals surface area contributed by atoms with Crippen molar-refractivity contribution in [2.75, 3.05) is 20.1 Å². The first-order valence-electron chi connectivity index (χ1n) is 5.61. The topological polar surface area (TPSA) is 81.7 Å². The molecule has 0 heterocycles. The van der Waals surface area contributed by atoms with Crippen molar-refractivity contribution in [3.05, 3.63) is 0 Å². The van der Waals surface area contributed by atoms with Crippen molar-refractivity contribution in [3.8, 4) is 0 Å².